The molecule has 2 heterocycles. The van der Waals surface area contributed by atoms with Crippen molar-refractivity contribution in [3.8, 4) is 0 Å². The number of benzene rings is 1. The minimum atomic E-state index is -0.348. The van der Waals surface area contributed by atoms with Gasteiger partial charge in [-0.25, -0.2) is 4.98 Å². The van der Waals surface area contributed by atoms with E-state index in [9.17, 15) is 4.79 Å². The first kappa shape index (κ1) is 15.7. The molecule has 5 nitrogen and oxygen atoms in total. The maximum atomic E-state index is 12.6. The van der Waals surface area contributed by atoms with Gasteiger partial charge in [0.05, 0.1) is 16.8 Å². The first-order chi connectivity index (χ1) is 12.1. The second-order valence-corrected chi connectivity index (χ2v) is 6.81. The molecule has 5 heteroatoms. The Bertz CT molecular complexity index is 958. The zero-order chi connectivity index (χ0) is 17.6. The molecule has 3 aromatic rings. The number of aryl methyl sites for hydroxylation is 1. The molecular formula is C20H21N3O2. The van der Waals surface area contributed by atoms with Crippen LogP contribution in [0.1, 0.15) is 53.6 Å². The minimum absolute atomic E-state index is 0.140. The largest absolute Gasteiger partial charge is 0.430 e. The topological polar surface area (TPSA) is 81.2 Å². The number of amides is 1. The highest BCUT2D eigenvalue weighted by Gasteiger charge is 2.28. The number of nitrogens with zero attached hydrogens (tertiary/aromatic N) is 1. The van der Waals surface area contributed by atoms with Crippen LogP contribution >= 0.6 is 0 Å². The van der Waals surface area contributed by atoms with Gasteiger partial charge >= 0.3 is 0 Å². The molecule has 1 aliphatic rings. The van der Waals surface area contributed by atoms with Crippen molar-refractivity contribution < 1.29 is 9.21 Å². The number of para-hydroxylation sites is 1. The maximum Gasteiger partial charge on any atom is 0.293 e. The number of hydrogen-bond donors (Lipinski definition) is 2. The molecule has 25 heavy (non-hydrogen) atoms. The summed E-state index contributed by atoms with van der Waals surface area (Å²) in [5.41, 5.74) is 11.4. The van der Waals surface area contributed by atoms with Crippen LogP contribution in [0.2, 0.25) is 0 Å². The summed E-state index contributed by atoms with van der Waals surface area (Å²) >= 11 is 0. The average molecular weight is 335 g/mol. The molecule has 0 saturated carbocycles. The molecule has 0 aliphatic heterocycles. The number of nitrogen functional groups attached to an aromatic ring is 1. The molecule has 1 aliphatic carbocycles. The van der Waals surface area contributed by atoms with E-state index in [0.29, 0.717) is 23.0 Å². The van der Waals surface area contributed by atoms with Crippen LogP contribution in [0.3, 0.4) is 0 Å². The predicted octanol–water partition coefficient (Wildman–Crippen LogP) is 4.27. The Morgan fingerprint density at radius 1 is 1.20 bits per heavy atom. The number of hydrogen-bond acceptors (Lipinski definition) is 4. The Kier molecular flexibility index (Phi) is 3.71. The van der Waals surface area contributed by atoms with Gasteiger partial charge in [-0.05, 0) is 48.4 Å². The fourth-order valence-electron chi connectivity index (χ4n) is 3.64. The van der Waals surface area contributed by atoms with Crippen LogP contribution in [0, 0.1) is 0 Å². The van der Waals surface area contributed by atoms with Crippen molar-refractivity contribution in [2.75, 3.05) is 11.1 Å². The summed E-state index contributed by atoms with van der Waals surface area (Å²) in [6.45, 7) is 4.25. The molecule has 0 unspecified atom stereocenters. The third kappa shape index (κ3) is 2.56. The Morgan fingerprint density at radius 2 is 1.92 bits per heavy atom. The van der Waals surface area contributed by atoms with Crippen molar-refractivity contribution in [1.29, 1.82) is 0 Å². The molecule has 0 spiro atoms. The normalized spacial score (nSPS) is 13.4. The molecule has 1 aromatic carbocycles. The molecule has 0 fully saturated rings. The Balaban J connectivity index is 1.81. The van der Waals surface area contributed by atoms with E-state index in [1.54, 1.807) is 0 Å². The van der Waals surface area contributed by atoms with Crippen LogP contribution in [-0.4, -0.2) is 10.9 Å². The van der Waals surface area contributed by atoms with Gasteiger partial charge in [0.1, 0.15) is 0 Å². The third-order valence-corrected chi connectivity index (χ3v) is 4.76. The average Bonchev–Trinajstić information content (AvgIpc) is 3.19. The van der Waals surface area contributed by atoms with Gasteiger partial charge in [-0.1, -0.05) is 32.0 Å². The Hall–Kier alpha value is -2.82. The fourth-order valence-corrected chi connectivity index (χ4v) is 3.64. The molecule has 2 aromatic heterocycles. The summed E-state index contributed by atoms with van der Waals surface area (Å²) in [6, 6.07) is 9.26. The summed E-state index contributed by atoms with van der Waals surface area (Å²) in [5, 5.41) is 3.64. The first-order valence-electron chi connectivity index (χ1n) is 8.66. The number of aromatic nitrogens is 1. The van der Waals surface area contributed by atoms with E-state index >= 15 is 0 Å². The number of fused-ring (bicyclic) bond motifs is 3. The SMILES string of the molecule is CC(C)c1nc2oc(C(=O)Nc3ccccc3)c(N)c2c2c1CCC2. The summed E-state index contributed by atoms with van der Waals surface area (Å²) in [7, 11) is 0. The number of nitrogens with one attached hydrogen (secondary N) is 1. The Labute approximate surface area is 146 Å². The zero-order valence-corrected chi connectivity index (χ0v) is 14.4. The van der Waals surface area contributed by atoms with E-state index in [1.165, 1.54) is 11.1 Å². The van der Waals surface area contributed by atoms with Crippen molar-refractivity contribution in [2.45, 2.75) is 39.0 Å². The number of carbonyl (C=O) groups is 1. The minimum Gasteiger partial charge on any atom is -0.430 e. The van der Waals surface area contributed by atoms with Crippen LogP contribution in [-0.2, 0) is 12.8 Å². The lowest BCUT2D eigenvalue weighted by atomic mass is 9.98. The van der Waals surface area contributed by atoms with Crippen LogP contribution in [0.5, 0.6) is 0 Å². The van der Waals surface area contributed by atoms with Crippen LogP contribution in [0.15, 0.2) is 34.7 Å². The van der Waals surface area contributed by atoms with E-state index in [-0.39, 0.29) is 11.7 Å². The standard InChI is InChI=1S/C20H21N3O2/c1-11(2)17-14-10-6-9-13(14)15-16(21)18(25-20(15)23-17)19(24)22-12-7-4-3-5-8-12/h3-5,7-8,11H,6,9-10,21H2,1-2H3,(H,22,24). The maximum absolute atomic E-state index is 12.6. The van der Waals surface area contributed by atoms with Gasteiger partial charge < -0.3 is 15.5 Å². The molecule has 0 atom stereocenters. The summed E-state index contributed by atoms with van der Waals surface area (Å²) < 4.78 is 5.80. The number of pyridine rings is 1. The molecule has 0 bridgehead atoms. The molecule has 1 amide bonds. The van der Waals surface area contributed by atoms with Crippen molar-refractivity contribution in [3.63, 3.8) is 0 Å². The number of anilines is 2. The highest BCUT2D eigenvalue weighted by atomic mass is 16.4. The lowest BCUT2D eigenvalue weighted by Crippen LogP contribution is -2.12. The second kappa shape index (κ2) is 5.92. The summed E-state index contributed by atoms with van der Waals surface area (Å²) in [4.78, 5) is 17.3. The van der Waals surface area contributed by atoms with E-state index in [2.05, 4.69) is 19.2 Å². The number of carbonyl (C=O) groups excluding carboxylic acids is 1. The predicted molar refractivity (Wildman–Crippen MR) is 98.9 cm³/mol. The molecule has 3 N–H and O–H groups in total. The van der Waals surface area contributed by atoms with Crippen LogP contribution in [0.25, 0.3) is 11.1 Å². The van der Waals surface area contributed by atoms with Crippen LogP contribution < -0.4 is 11.1 Å². The number of furan rings is 1. The molecule has 4 rings (SSSR count). The third-order valence-electron chi connectivity index (χ3n) is 4.76. The number of nitrogens with two attached hydrogens (primary N) is 1. The smallest absolute Gasteiger partial charge is 0.293 e. The first-order valence-corrected chi connectivity index (χ1v) is 8.66. The van der Waals surface area contributed by atoms with Crippen molar-refractivity contribution in [2.24, 2.45) is 0 Å². The van der Waals surface area contributed by atoms with Gasteiger partial charge in [-0.2, -0.15) is 0 Å². The fraction of sp³-hybridized carbons (Fsp3) is 0.300. The van der Waals surface area contributed by atoms with Crippen molar-refractivity contribution >= 4 is 28.4 Å². The second-order valence-electron chi connectivity index (χ2n) is 6.81. The van der Waals surface area contributed by atoms with Gasteiger partial charge in [0.2, 0.25) is 11.5 Å². The van der Waals surface area contributed by atoms with E-state index in [4.69, 9.17) is 15.1 Å². The van der Waals surface area contributed by atoms with E-state index < -0.39 is 0 Å². The van der Waals surface area contributed by atoms with Crippen molar-refractivity contribution in [1.82, 2.24) is 4.98 Å². The molecular weight excluding hydrogens is 314 g/mol. The van der Waals surface area contributed by atoms with E-state index in [0.717, 1.165) is 30.3 Å². The molecule has 128 valence electrons. The molecule has 0 radical (unpaired) electrons. The lowest BCUT2D eigenvalue weighted by molar-refractivity contribution is 0.0999. The van der Waals surface area contributed by atoms with Gasteiger partial charge in [0, 0.05) is 5.69 Å². The molecule has 0 saturated heterocycles. The van der Waals surface area contributed by atoms with Gasteiger partial charge in [-0.15, -0.1) is 0 Å². The highest BCUT2D eigenvalue weighted by Crippen LogP contribution is 2.39. The van der Waals surface area contributed by atoms with Gasteiger partial charge in [-0.3, -0.25) is 4.79 Å². The van der Waals surface area contributed by atoms with E-state index in [1.807, 2.05) is 30.3 Å². The summed E-state index contributed by atoms with van der Waals surface area (Å²) in [5.74, 6) is 0.102. The van der Waals surface area contributed by atoms with Gasteiger partial charge in [0.15, 0.2) is 0 Å². The van der Waals surface area contributed by atoms with Gasteiger partial charge in [0.25, 0.3) is 5.91 Å². The lowest BCUT2D eigenvalue weighted by Gasteiger charge is -2.11. The van der Waals surface area contributed by atoms with Crippen molar-refractivity contribution in [3.05, 3.63) is 52.9 Å². The monoisotopic (exact) mass is 335 g/mol. The quantitative estimate of drug-likeness (QED) is 0.749. The highest BCUT2D eigenvalue weighted by molar-refractivity contribution is 6.11. The number of rotatable bonds is 3. The van der Waals surface area contributed by atoms with Crippen LogP contribution in [0.4, 0.5) is 11.4 Å². The zero-order valence-electron chi connectivity index (χ0n) is 14.4. The Morgan fingerprint density at radius 3 is 2.64 bits per heavy atom. The summed E-state index contributed by atoms with van der Waals surface area (Å²) in [6.07, 6.45) is 3.06.